The van der Waals surface area contributed by atoms with Crippen LogP contribution in [0.15, 0.2) is 12.7 Å². The van der Waals surface area contributed by atoms with Crippen molar-refractivity contribution in [1.82, 2.24) is 10.6 Å². The van der Waals surface area contributed by atoms with Crippen molar-refractivity contribution < 1.29 is 9.53 Å². The molecule has 0 saturated heterocycles. The number of carbonyl (C=O) groups is 1. The zero-order valence-electron chi connectivity index (χ0n) is 10.3. The molecule has 0 bridgehead atoms. The molecule has 0 atom stereocenters. The SMILES string of the molecule is C=CCCOCCNCC(=O)NCCCC. The average molecular weight is 228 g/mol. The van der Waals surface area contributed by atoms with E-state index < -0.39 is 0 Å². The molecule has 16 heavy (non-hydrogen) atoms. The molecule has 0 aromatic heterocycles. The second-order valence-electron chi connectivity index (χ2n) is 3.57. The van der Waals surface area contributed by atoms with Gasteiger partial charge in [0.15, 0.2) is 0 Å². The van der Waals surface area contributed by atoms with Crippen LogP contribution in [0.4, 0.5) is 0 Å². The standard InChI is InChI=1S/C12H24N2O2/c1-3-5-7-14-12(15)11-13-8-10-16-9-6-4-2/h4,13H,2-3,5-11H2,1H3,(H,14,15). The summed E-state index contributed by atoms with van der Waals surface area (Å²) in [7, 11) is 0. The van der Waals surface area contributed by atoms with E-state index in [2.05, 4.69) is 24.1 Å². The lowest BCUT2D eigenvalue weighted by Crippen LogP contribution is -2.35. The van der Waals surface area contributed by atoms with E-state index in [1.54, 1.807) is 0 Å². The number of nitrogens with one attached hydrogen (secondary N) is 2. The number of rotatable bonds is 11. The van der Waals surface area contributed by atoms with Crippen LogP contribution in [0, 0.1) is 0 Å². The van der Waals surface area contributed by atoms with E-state index >= 15 is 0 Å². The lowest BCUT2D eigenvalue weighted by atomic mass is 10.3. The maximum absolute atomic E-state index is 11.2. The molecule has 0 rings (SSSR count). The third-order valence-electron chi connectivity index (χ3n) is 2.03. The van der Waals surface area contributed by atoms with Crippen molar-refractivity contribution in [3.05, 3.63) is 12.7 Å². The van der Waals surface area contributed by atoms with Gasteiger partial charge in [0.05, 0.1) is 19.8 Å². The second-order valence-corrected chi connectivity index (χ2v) is 3.57. The minimum absolute atomic E-state index is 0.0551. The highest BCUT2D eigenvalue weighted by atomic mass is 16.5. The van der Waals surface area contributed by atoms with Gasteiger partial charge in [-0.15, -0.1) is 6.58 Å². The van der Waals surface area contributed by atoms with Crippen molar-refractivity contribution in [3.8, 4) is 0 Å². The molecule has 0 radical (unpaired) electrons. The molecule has 94 valence electrons. The van der Waals surface area contributed by atoms with Crippen LogP contribution in [0.25, 0.3) is 0 Å². The van der Waals surface area contributed by atoms with E-state index in [0.29, 0.717) is 26.3 Å². The fourth-order valence-electron chi connectivity index (χ4n) is 1.08. The van der Waals surface area contributed by atoms with Crippen LogP contribution in [-0.2, 0) is 9.53 Å². The summed E-state index contributed by atoms with van der Waals surface area (Å²) >= 11 is 0. The summed E-state index contributed by atoms with van der Waals surface area (Å²) in [4.78, 5) is 11.2. The summed E-state index contributed by atoms with van der Waals surface area (Å²) in [6, 6.07) is 0. The Morgan fingerprint density at radius 2 is 2.19 bits per heavy atom. The Morgan fingerprint density at radius 1 is 1.38 bits per heavy atom. The molecule has 4 heteroatoms. The van der Waals surface area contributed by atoms with Crippen molar-refractivity contribution >= 4 is 5.91 Å². The molecule has 0 aliphatic rings. The van der Waals surface area contributed by atoms with Crippen molar-refractivity contribution in [1.29, 1.82) is 0 Å². The Hall–Kier alpha value is -0.870. The lowest BCUT2D eigenvalue weighted by molar-refractivity contribution is -0.120. The zero-order chi connectivity index (χ0) is 12.1. The molecule has 0 fully saturated rings. The number of carbonyl (C=O) groups excluding carboxylic acids is 1. The van der Waals surface area contributed by atoms with E-state index in [1.165, 1.54) is 0 Å². The van der Waals surface area contributed by atoms with Crippen molar-refractivity contribution in [3.63, 3.8) is 0 Å². The summed E-state index contributed by atoms with van der Waals surface area (Å²) < 4.78 is 5.29. The van der Waals surface area contributed by atoms with Gasteiger partial charge in [-0.2, -0.15) is 0 Å². The van der Waals surface area contributed by atoms with Gasteiger partial charge in [0.2, 0.25) is 5.91 Å². The predicted molar refractivity (Wildman–Crippen MR) is 66.4 cm³/mol. The highest BCUT2D eigenvalue weighted by Gasteiger charge is 1.98. The van der Waals surface area contributed by atoms with E-state index in [-0.39, 0.29) is 5.91 Å². The summed E-state index contributed by atoms with van der Waals surface area (Å²) in [5.74, 6) is 0.0551. The summed E-state index contributed by atoms with van der Waals surface area (Å²) in [6.45, 7) is 8.89. The normalized spacial score (nSPS) is 10.1. The maximum Gasteiger partial charge on any atom is 0.233 e. The highest BCUT2D eigenvalue weighted by Crippen LogP contribution is 1.82. The van der Waals surface area contributed by atoms with Crippen LogP contribution < -0.4 is 10.6 Å². The summed E-state index contributed by atoms with van der Waals surface area (Å²) in [5.41, 5.74) is 0. The number of hydrogen-bond donors (Lipinski definition) is 2. The van der Waals surface area contributed by atoms with Gasteiger partial charge in [-0.3, -0.25) is 4.79 Å². The molecule has 0 heterocycles. The Labute approximate surface area is 98.4 Å². The highest BCUT2D eigenvalue weighted by molar-refractivity contribution is 5.77. The van der Waals surface area contributed by atoms with Gasteiger partial charge in [0, 0.05) is 13.1 Å². The van der Waals surface area contributed by atoms with Crippen molar-refractivity contribution in [2.75, 3.05) is 32.8 Å². The zero-order valence-corrected chi connectivity index (χ0v) is 10.3. The number of hydrogen-bond acceptors (Lipinski definition) is 3. The Bertz CT molecular complexity index is 184. The molecule has 0 aromatic carbocycles. The smallest absolute Gasteiger partial charge is 0.233 e. The largest absolute Gasteiger partial charge is 0.380 e. The Kier molecular flexibility index (Phi) is 11.5. The maximum atomic E-state index is 11.2. The molecule has 4 nitrogen and oxygen atoms in total. The first-order valence-electron chi connectivity index (χ1n) is 5.97. The molecule has 2 N–H and O–H groups in total. The molecule has 0 spiro atoms. The second kappa shape index (κ2) is 12.2. The number of ether oxygens (including phenoxy) is 1. The molecule has 0 unspecified atom stereocenters. The first-order valence-corrected chi connectivity index (χ1v) is 5.97. The van der Waals surface area contributed by atoms with Crippen LogP contribution in [0.1, 0.15) is 26.2 Å². The van der Waals surface area contributed by atoms with Gasteiger partial charge in [0.25, 0.3) is 0 Å². The summed E-state index contributed by atoms with van der Waals surface area (Å²) in [6.07, 6.45) is 4.84. The van der Waals surface area contributed by atoms with Crippen LogP contribution in [0.2, 0.25) is 0 Å². The minimum atomic E-state index is 0.0551. The van der Waals surface area contributed by atoms with E-state index in [4.69, 9.17) is 4.74 Å². The van der Waals surface area contributed by atoms with Crippen LogP contribution in [0.3, 0.4) is 0 Å². The Balaban J connectivity index is 3.12. The average Bonchev–Trinajstić information content (AvgIpc) is 2.28. The molecular weight excluding hydrogens is 204 g/mol. The minimum Gasteiger partial charge on any atom is -0.380 e. The van der Waals surface area contributed by atoms with Gasteiger partial charge in [0.1, 0.15) is 0 Å². The quantitative estimate of drug-likeness (QED) is 0.411. The lowest BCUT2D eigenvalue weighted by Gasteiger charge is -2.06. The van der Waals surface area contributed by atoms with Crippen LogP contribution >= 0.6 is 0 Å². The van der Waals surface area contributed by atoms with Crippen molar-refractivity contribution in [2.45, 2.75) is 26.2 Å². The van der Waals surface area contributed by atoms with Gasteiger partial charge >= 0.3 is 0 Å². The molecule has 0 aliphatic heterocycles. The number of unbranched alkanes of at least 4 members (excludes halogenated alkanes) is 1. The molecular formula is C12H24N2O2. The van der Waals surface area contributed by atoms with E-state index in [0.717, 1.165) is 25.8 Å². The van der Waals surface area contributed by atoms with E-state index in [1.807, 2.05) is 6.08 Å². The first kappa shape index (κ1) is 15.1. The topological polar surface area (TPSA) is 50.4 Å². The third-order valence-corrected chi connectivity index (χ3v) is 2.03. The van der Waals surface area contributed by atoms with Gasteiger partial charge in [-0.25, -0.2) is 0 Å². The van der Waals surface area contributed by atoms with Gasteiger partial charge in [-0.05, 0) is 12.8 Å². The van der Waals surface area contributed by atoms with Crippen LogP contribution in [-0.4, -0.2) is 38.8 Å². The number of amides is 1. The molecule has 0 aromatic rings. The Morgan fingerprint density at radius 3 is 2.88 bits per heavy atom. The first-order chi connectivity index (χ1) is 7.81. The van der Waals surface area contributed by atoms with E-state index in [9.17, 15) is 4.79 Å². The molecule has 0 aliphatic carbocycles. The fraction of sp³-hybridized carbons (Fsp3) is 0.750. The fourth-order valence-corrected chi connectivity index (χ4v) is 1.08. The van der Waals surface area contributed by atoms with Crippen molar-refractivity contribution in [2.24, 2.45) is 0 Å². The monoisotopic (exact) mass is 228 g/mol. The summed E-state index contributed by atoms with van der Waals surface area (Å²) in [5, 5.41) is 5.87. The molecule has 0 saturated carbocycles. The predicted octanol–water partition coefficient (Wildman–Crippen LogP) is 1.08. The van der Waals surface area contributed by atoms with Crippen LogP contribution in [0.5, 0.6) is 0 Å². The molecule has 1 amide bonds. The van der Waals surface area contributed by atoms with Gasteiger partial charge in [-0.1, -0.05) is 19.4 Å². The third kappa shape index (κ3) is 11.2. The van der Waals surface area contributed by atoms with Gasteiger partial charge < -0.3 is 15.4 Å².